The van der Waals surface area contributed by atoms with Crippen molar-refractivity contribution >= 4 is 5.91 Å². The first-order valence-corrected chi connectivity index (χ1v) is 11.9. The van der Waals surface area contributed by atoms with Crippen molar-refractivity contribution in [2.75, 3.05) is 13.7 Å². The average molecular weight is 499 g/mol. The van der Waals surface area contributed by atoms with Crippen molar-refractivity contribution in [3.05, 3.63) is 53.6 Å². The molecule has 1 atom stereocenters. The molecule has 1 saturated heterocycles. The number of ether oxygens (including phenoxy) is 1. The molecule has 0 radical (unpaired) electrons. The number of nitriles is 1. The summed E-state index contributed by atoms with van der Waals surface area (Å²) in [5.74, 6) is 0.376. The first-order chi connectivity index (χ1) is 17.8. The molecule has 11 heteroatoms. The van der Waals surface area contributed by atoms with Gasteiger partial charge in [0.25, 0.3) is 5.91 Å². The van der Waals surface area contributed by atoms with Crippen LogP contribution in [0.4, 0.5) is 4.39 Å². The zero-order valence-electron chi connectivity index (χ0n) is 20.6. The standard InChI is InChI=1S/C26H23FN8O2/c1-26(14-28)7-9-35(26)25(36)21-12-18(20-5-4-16(27)13-29-20)23-17-11-19(24-30-32-33(2)31-24)22(37-3)10-15(17)6-8-34(21)23/h4-5,10-13H,6-9H2,1-3H3/t26-/m1/s1. The first-order valence-electron chi connectivity index (χ1n) is 11.9. The van der Waals surface area contributed by atoms with E-state index in [-0.39, 0.29) is 5.91 Å². The summed E-state index contributed by atoms with van der Waals surface area (Å²) in [4.78, 5) is 21.0. The van der Waals surface area contributed by atoms with Gasteiger partial charge in [-0.05, 0) is 54.5 Å². The SMILES string of the molecule is COc1cc2c(cc1-c1nnn(C)n1)-c1c(-c3ccc(F)cn3)cc(C(=O)N3CC[C@]3(C)C#N)n1CC2. The fourth-order valence-electron chi connectivity index (χ4n) is 5.14. The zero-order chi connectivity index (χ0) is 25.9. The number of hydrogen-bond donors (Lipinski definition) is 0. The summed E-state index contributed by atoms with van der Waals surface area (Å²) < 4.78 is 21.4. The smallest absolute Gasteiger partial charge is 0.271 e. The molecule has 6 rings (SSSR count). The lowest BCUT2D eigenvalue weighted by molar-refractivity contribution is 0.0294. The van der Waals surface area contributed by atoms with E-state index in [1.807, 2.05) is 16.7 Å². The van der Waals surface area contributed by atoms with Crippen LogP contribution in [0.15, 0.2) is 36.5 Å². The van der Waals surface area contributed by atoms with E-state index in [0.717, 1.165) is 23.0 Å². The van der Waals surface area contributed by atoms with E-state index in [2.05, 4.69) is 26.5 Å². The summed E-state index contributed by atoms with van der Waals surface area (Å²) in [5, 5.41) is 22.1. The number of likely N-dealkylation sites (tertiary alicyclic amines) is 1. The van der Waals surface area contributed by atoms with E-state index < -0.39 is 11.4 Å². The van der Waals surface area contributed by atoms with Crippen molar-refractivity contribution in [1.29, 1.82) is 5.26 Å². The Morgan fingerprint density at radius 2 is 2.03 bits per heavy atom. The second kappa shape index (κ2) is 8.23. The number of aromatic nitrogens is 6. The fraction of sp³-hybridized carbons (Fsp3) is 0.308. The predicted molar refractivity (Wildman–Crippen MR) is 131 cm³/mol. The Hall–Kier alpha value is -4.59. The molecule has 186 valence electrons. The van der Waals surface area contributed by atoms with E-state index in [1.54, 1.807) is 38.1 Å². The van der Waals surface area contributed by atoms with Crippen molar-refractivity contribution in [3.63, 3.8) is 0 Å². The maximum atomic E-state index is 13.7. The summed E-state index contributed by atoms with van der Waals surface area (Å²) >= 11 is 0. The second-order valence-electron chi connectivity index (χ2n) is 9.46. The molecule has 0 unspecified atom stereocenters. The van der Waals surface area contributed by atoms with Crippen molar-refractivity contribution in [2.24, 2.45) is 7.05 Å². The van der Waals surface area contributed by atoms with Gasteiger partial charge < -0.3 is 14.2 Å². The summed E-state index contributed by atoms with van der Waals surface area (Å²) in [6.45, 7) is 2.84. The van der Waals surface area contributed by atoms with Gasteiger partial charge in [0, 0.05) is 30.6 Å². The Bertz CT molecular complexity index is 1600. The van der Waals surface area contributed by atoms with Gasteiger partial charge in [-0.25, -0.2) is 4.39 Å². The van der Waals surface area contributed by atoms with Crippen molar-refractivity contribution in [1.82, 2.24) is 34.7 Å². The van der Waals surface area contributed by atoms with Crippen molar-refractivity contribution in [3.8, 4) is 45.7 Å². The Kier molecular flexibility index (Phi) is 5.08. The number of pyridine rings is 1. The number of fused-ring (bicyclic) bond motifs is 3. The van der Waals surface area contributed by atoms with Crippen LogP contribution in [0.1, 0.15) is 29.4 Å². The number of aryl methyl sites for hydroxylation is 2. The van der Waals surface area contributed by atoms with Gasteiger partial charge in [-0.1, -0.05) is 0 Å². The quantitative estimate of drug-likeness (QED) is 0.424. The lowest BCUT2D eigenvalue weighted by Gasteiger charge is -2.45. The minimum Gasteiger partial charge on any atom is -0.496 e. The number of carbonyl (C=O) groups excluding carboxylic acids is 1. The third-order valence-corrected chi connectivity index (χ3v) is 7.26. The molecule has 0 aliphatic carbocycles. The molecule has 0 N–H and O–H groups in total. The van der Waals surface area contributed by atoms with Gasteiger partial charge in [-0.15, -0.1) is 10.2 Å². The van der Waals surface area contributed by atoms with Crippen LogP contribution in [-0.4, -0.2) is 59.8 Å². The van der Waals surface area contributed by atoms with Crippen LogP contribution in [0.5, 0.6) is 5.75 Å². The molecule has 5 heterocycles. The lowest BCUT2D eigenvalue weighted by atomic mass is 9.88. The summed E-state index contributed by atoms with van der Waals surface area (Å²) in [6, 6.07) is 10.9. The van der Waals surface area contributed by atoms with E-state index in [9.17, 15) is 14.4 Å². The molecule has 10 nitrogen and oxygen atoms in total. The highest BCUT2D eigenvalue weighted by atomic mass is 19.1. The molecule has 0 saturated carbocycles. The van der Waals surface area contributed by atoms with Gasteiger partial charge in [0.2, 0.25) is 5.82 Å². The third-order valence-electron chi connectivity index (χ3n) is 7.26. The predicted octanol–water partition coefficient (Wildman–Crippen LogP) is 3.24. The maximum Gasteiger partial charge on any atom is 0.271 e. The molecule has 3 aromatic heterocycles. The zero-order valence-corrected chi connectivity index (χ0v) is 20.6. The minimum atomic E-state index is -0.832. The molecule has 1 aromatic carbocycles. The van der Waals surface area contributed by atoms with Gasteiger partial charge in [0.1, 0.15) is 22.8 Å². The number of hydrogen-bond acceptors (Lipinski definition) is 7. The van der Waals surface area contributed by atoms with E-state index in [4.69, 9.17) is 4.74 Å². The Morgan fingerprint density at radius 1 is 1.19 bits per heavy atom. The van der Waals surface area contributed by atoms with Crippen LogP contribution in [0, 0.1) is 17.1 Å². The van der Waals surface area contributed by atoms with Crippen LogP contribution < -0.4 is 4.74 Å². The Morgan fingerprint density at radius 3 is 2.65 bits per heavy atom. The van der Waals surface area contributed by atoms with E-state index in [0.29, 0.717) is 60.0 Å². The summed E-state index contributed by atoms with van der Waals surface area (Å²) in [6.07, 6.45) is 2.45. The molecule has 4 aromatic rings. The van der Waals surface area contributed by atoms with Crippen molar-refractivity contribution in [2.45, 2.75) is 31.8 Å². The molecular weight excluding hydrogens is 475 g/mol. The largest absolute Gasteiger partial charge is 0.496 e. The number of benzene rings is 1. The summed E-state index contributed by atoms with van der Waals surface area (Å²) in [7, 11) is 3.28. The first kappa shape index (κ1) is 22.8. The molecule has 37 heavy (non-hydrogen) atoms. The molecular formula is C26H23FN8O2. The molecule has 2 aliphatic rings. The van der Waals surface area contributed by atoms with Gasteiger partial charge in [-0.2, -0.15) is 10.1 Å². The normalized spacial score (nSPS) is 18.0. The monoisotopic (exact) mass is 498 g/mol. The van der Waals surface area contributed by atoms with Crippen LogP contribution >= 0.6 is 0 Å². The second-order valence-corrected chi connectivity index (χ2v) is 9.46. The van der Waals surface area contributed by atoms with E-state index in [1.165, 1.54) is 10.9 Å². The van der Waals surface area contributed by atoms with Gasteiger partial charge in [0.05, 0.1) is 43.4 Å². The molecule has 1 amide bonds. The van der Waals surface area contributed by atoms with Gasteiger partial charge >= 0.3 is 0 Å². The number of rotatable bonds is 4. The number of carbonyl (C=O) groups is 1. The van der Waals surface area contributed by atoms with Crippen LogP contribution in [-0.2, 0) is 20.0 Å². The summed E-state index contributed by atoms with van der Waals surface area (Å²) in [5.41, 5.74) is 4.24. The molecule has 1 fully saturated rings. The number of nitrogens with zero attached hydrogens (tertiary/aromatic N) is 8. The van der Waals surface area contributed by atoms with Crippen LogP contribution in [0.25, 0.3) is 33.9 Å². The molecule has 2 aliphatic heterocycles. The average Bonchev–Trinajstić information content (AvgIpc) is 3.51. The Balaban J connectivity index is 1.57. The minimum absolute atomic E-state index is 0.210. The maximum absolute atomic E-state index is 13.7. The number of halogens is 1. The molecule has 0 spiro atoms. The molecule has 0 bridgehead atoms. The van der Waals surface area contributed by atoms with Crippen LogP contribution in [0.3, 0.4) is 0 Å². The van der Waals surface area contributed by atoms with Crippen LogP contribution in [0.2, 0.25) is 0 Å². The van der Waals surface area contributed by atoms with Gasteiger partial charge in [-0.3, -0.25) is 9.78 Å². The number of tetrazole rings is 1. The topological polar surface area (TPSA) is 115 Å². The Labute approximate surface area is 211 Å². The van der Waals surface area contributed by atoms with E-state index >= 15 is 0 Å². The lowest BCUT2D eigenvalue weighted by Crippen LogP contribution is -2.59. The highest BCUT2D eigenvalue weighted by Gasteiger charge is 2.45. The van der Waals surface area contributed by atoms with Crippen molar-refractivity contribution < 1.29 is 13.9 Å². The number of amides is 1. The fourth-order valence-corrected chi connectivity index (χ4v) is 5.14. The van der Waals surface area contributed by atoms with Gasteiger partial charge in [0.15, 0.2) is 0 Å². The highest BCUT2D eigenvalue weighted by molar-refractivity contribution is 5.99. The number of methoxy groups -OCH3 is 1. The third kappa shape index (κ3) is 3.48. The highest BCUT2D eigenvalue weighted by Crippen LogP contribution is 2.44.